The van der Waals surface area contributed by atoms with Crippen LogP contribution in [0.5, 0.6) is 0 Å². The van der Waals surface area contributed by atoms with Crippen LogP contribution in [0.2, 0.25) is 0 Å². The third-order valence-electron chi connectivity index (χ3n) is 3.74. The van der Waals surface area contributed by atoms with Crippen molar-refractivity contribution in [3.05, 3.63) is 18.2 Å². The monoisotopic (exact) mass is 235 g/mol. The second-order valence-corrected chi connectivity index (χ2v) is 5.18. The van der Waals surface area contributed by atoms with Gasteiger partial charge in [0, 0.05) is 6.42 Å². The molecule has 17 heavy (non-hydrogen) atoms. The molecule has 3 rings (SSSR count). The Hall–Kier alpha value is -1.19. The molecule has 1 aliphatic carbocycles. The van der Waals surface area contributed by atoms with Crippen molar-refractivity contribution < 1.29 is 4.39 Å². The van der Waals surface area contributed by atoms with E-state index in [1.54, 1.807) is 4.68 Å². The summed E-state index contributed by atoms with van der Waals surface area (Å²) in [5.74, 6) is 1.73. The van der Waals surface area contributed by atoms with E-state index in [2.05, 4.69) is 23.6 Å². The van der Waals surface area contributed by atoms with Gasteiger partial charge in [-0.1, -0.05) is 19.9 Å². The third-order valence-corrected chi connectivity index (χ3v) is 3.74. The zero-order valence-corrected chi connectivity index (χ0v) is 10.2. The van der Waals surface area contributed by atoms with E-state index in [1.807, 2.05) is 0 Å². The lowest BCUT2D eigenvalue weighted by Crippen LogP contribution is -2.05. The number of allylic oxidation sites excluding steroid dienone is 1. The molecule has 1 aliphatic heterocycles. The van der Waals surface area contributed by atoms with Crippen molar-refractivity contribution in [2.45, 2.75) is 51.2 Å². The minimum absolute atomic E-state index is 0.193. The molecule has 1 fully saturated rings. The molecule has 0 amide bonds. The summed E-state index contributed by atoms with van der Waals surface area (Å²) in [5, 5.41) is 4.47. The molecule has 92 valence electrons. The highest BCUT2D eigenvalue weighted by molar-refractivity contribution is 5.61. The first-order valence-electron chi connectivity index (χ1n) is 6.50. The molecule has 0 bridgehead atoms. The Balaban J connectivity index is 1.88. The Morgan fingerprint density at radius 1 is 1.53 bits per heavy atom. The SMILES string of the molecule is C=C(c1nc2n(n1)C(CCC)CC2F)C1CC1. The van der Waals surface area contributed by atoms with Gasteiger partial charge < -0.3 is 0 Å². The summed E-state index contributed by atoms with van der Waals surface area (Å²) in [4.78, 5) is 4.34. The van der Waals surface area contributed by atoms with Crippen LogP contribution in [-0.2, 0) is 0 Å². The molecule has 0 radical (unpaired) electrons. The van der Waals surface area contributed by atoms with E-state index in [1.165, 1.54) is 12.8 Å². The number of fused-ring (bicyclic) bond motifs is 1. The van der Waals surface area contributed by atoms with E-state index >= 15 is 0 Å². The molecule has 2 unspecified atom stereocenters. The van der Waals surface area contributed by atoms with Crippen LogP contribution >= 0.6 is 0 Å². The van der Waals surface area contributed by atoms with Gasteiger partial charge in [0.15, 0.2) is 17.8 Å². The van der Waals surface area contributed by atoms with Gasteiger partial charge in [0.05, 0.1) is 6.04 Å². The molecular weight excluding hydrogens is 217 g/mol. The maximum Gasteiger partial charge on any atom is 0.177 e. The summed E-state index contributed by atoms with van der Waals surface area (Å²) >= 11 is 0. The average molecular weight is 235 g/mol. The summed E-state index contributed by atoms with van der Waals surface area (Å²) in [7, 11) is 0. The van der Waals surface area contributed by atoms with E-state index in [-0.39, 0.29) is 6.04 Å². The highest BCUT2D eigenvalue weighted by Crippen LogP contribution is 2.42. The zero-order valence-electron chi connectivity index (χ0n) is 10.2. The van der Waals surface area contributed by atoms with Crippen LogP contribution in [0.3, 0.4) is 0 Å². The zero-order chi connectivity index (χ0) is 12.0. The lowest BCUT2D eigenvalue weighted by Gasteiger charge is -2.09. The Morgan fingerprint density at radius 2 is 2.29 bits per heavy atom. The fourth-order valence-corrected chi connectivity index (χ4v) is 2.59. The van der Waals surface area contributed by atoms with Gasteiger partial charge in [-0.25, -0.2) is 14.1 Å². The second-order valence-electron chi connectivity index (χ2n) is 5.18. The van der Waals surface area contributed by atoms with Crippen LogP contribution in [0.15, 0.2) is 6.58 Å². The first-order chi connectivity index (χ1) is 8.20. The molecule has 1 aromatic rings. The van der Waals surface area contributed by atoms with E-state index in [4.69, 9.17) is 0 Å². The van der Waals surface area contributed by atoms with E-state index in [0.29, 0.717) is 24.0 Å². The Morgan fingerprint density at radius 3 is 2.94 bits per heavy atom. The molecule has 0 N–H and O–H groups in total. The van der Waals surface area contributed by atoms with Crippen molar-refractivity contribution in [1.29, 1.82) is 0 Å². The van der Waals surface area contributed by atoms with Crippen molar-refractivity contribution in [2.24, 2.45) is 5.92 Å². The lowest BCUT2D eigenvalue weighted by molar-refractivity contribution is 0.312. The molecule has 1 saturated carbocycles. The molecule has 2 heterocycles. The van der Waals surface area contributed by atoms with Crippen molar-refractivity contribution in [3.63, 3.8) is 0 Å². The largest absolute Gasteiger partial charge is 0.243 e. The summed E-state index contributed by atoms with van der Waals surface area (Å²) in [6.07, 6.45) is 3.99. The molecule has 0 spiro atoms. The maximum absolute atomic E-state index is 13.8. The van der Waals surface area contributed by atoms with Crippen LogP contribution < -0.4 is 0 Å². The standard InChI is InChI=1S/C13H18FN3/c1-3-4-10-7-11(14)13-15-12(16-17(10)13)8(2)9-5-6-9/h9-11H,2-7H2,1H3. The third kappa shape index (κ3) is 1.79. The van der Waals surface area contributed by atoms with E-state index in [0.717, 1.165) is 18.4 Å². The predicted molar refractivity (Wildman–Crippen MR) is 64.2 cm³/mol. The number of hydrogen-bond acceptors (Lipinski definition) is 2. The fourth-order valence-electron chi connectivity index (χ4n) is 2.59. The summed E-state index contributed by atoms with van der Waals surface area (Å²) in [5.41, 5.74) is 0.995. The first kappa shape index (κ1) is 10.9. The number of aromatic nitrogens is 3. The minimum Gasteiger partial charge on any atom is -0.243 e. The maximum atomic E-state index is 13.8. The second kappa shape index (κ2) is 3.93. The van der Waals surface area contributed by atoms with E-state index < -0.39 is 6.17 Å². The van der Waals surface area contributed by atoms with Gasteiger partial charge in [-0.15, -0.1) is 0 Å². The molecule has 1 aromatic heterocycles. The van der Waals surface area contributed by atoms with Crippen LogP contribution in [-0.4, -0.2) is 14.8 Å². The number of hydrogen-bond donors (Lipinski definition) is 0. The van der Waals surface area contributed by atoms with Gasteiger partial charge >= 0.3 is 0 Å². The minimum atomic E-state index is -0.945. The number of alkyl halides is 1. The smallest absolute Gasteiger partial charge is 0.177 e. The van der Waals surface area contributed by atoms with E-state index in [9.17, 15) is 4.39 Å². The Kier molecular flexibility index (Phi) is 2.53. The molecule has 0 saturated heterocycles. The van der Waals surface area contributed by atoms with Crippen LogP contribution in [0.1, 0.15) is 62.9 Å². The number of halogens is 1. The van der Waals surface area contributed by atoms with Crippen molar-refractivity contribution >= 4 is 5.57 Å². The van der Waals surface area contributed by atoms with Gasteiger partial charge in [-0.3, -0.25) is 0 Å². The normalized spacial score (nSPS) is 27.2. The molecule has 2 aliphatic rings. The van der Waals surface area contributed by atoms with Gasteiger partial charge in [0.2, 0.25) is 0 Å². The van der Waals surface area contributed by atoms with Crippen molar-refractivity contribution in [1.82, 2.24) is 14.8 Å². The quantitative estimate of drug-likeness (QED) is 0.800. The summed E-state index contributed by atoms with van der Waals surface area (Å²) in [6.45, 7) is 6.15. The Bertz CT molecular complexity index is 448. The van der Waals surface area contributed by atoms with Gasteiger partial charge in [-0.05, 0) is 30.8 Å². The summed E-state index contributed by atoms with van der Waals surface area (Å²) in [6, 6.07) is 0.193. The first-order valence-corrected chi connectivity index (χ1v) is 6.50. The summed E-state index contributed by atoms with van der Waals surface area (Å²) < 4.78 is 15.6. The number of nitrogens with zero attached hydrogens (tertiary/aromatic N) is 3. The number of rotatable bonds is 4. The highest BCUT2D eigenvalue weighted by atomic mass is 19.1. The molecule has 2 atom stereocenters. The van der Waals surface area contributed by atoms with Crippen molar-refractivity contribution in [3.8, 4) is 0 Å². The average Bonchev–Trinajstić information content (AvgIpc) is 2.99. The molecule has 4 heteroatoms. The predicted octanol–water partition coefficient (Wildman–Crippen LogP) is 3.46. The molecular formula is C13H18FN3. The van der Waals surface area contributed by atoms with Crippen LogP contribution in [0.25, 0.3) is 5.57 Å². The molecule has 3 nitrogen and oxygen atoms in total. The van der Waals surface area contributed by atoms with Gasteiger partial charge in [0.1, 0.15) is 0 Å². The van der Waals surface area contributed by atoms with Gasteiger partial charge in [-0.2, -0.15) is 5.10 Å². The topological polar surface area (TPSA) is 30.7 Å². The van der Waals surface area contributed by atoms with Crippen molar-refractivity contribution in [2.75, 3.05) is 0 Å². The fraction of sp³-hybridized carbons (Fsp3) is 0.692. The Labute approximate surface area is 101 Å². The van der Waals surface area contributed by atoms with Gasteiger partial charge in [0.25, 0.3) is 0 Å². The van der Waals surface area contributed by atoms with Crippen LogP contribution in [0.4, 0.5) is 4.39 Å². The van der Waals surface area contributed by atoms with Crippen LogP contribution in [0, 0.1) is 5.92 Å². The molecule has 0 aromatic carbocycles. The highest BCUT2D eigenvalue weighted by Gasteiger charge is 2.36. The lowest BCUT2D eigenvalue weighted by atomic mass is 10.1.